The number of pyridine rings is 1. The lowest BCUT2D eigenvalue weighted by Crippen LogP contribution is -2.07. The van der Waals surface area contributed by atoms with Crippen molar-refractivity contribution in [2.45, 2.75) is 6.18 Å². The zero-order valence-electron chi connectivity index (χ0n) is 17.7. The molecule has 0 N–H and O–H groups in total. The molecule has 2 aromatic heterocycles. The minimum atomic E-state index is -4.52. The second kappa shape index (κ2) is 8.80. The van der Waals surface area contributed by atoms with Crippen LogP contribution in [0.2, 0.25) is 5.02 Å². The summed E-state index contributed by atoms with van der Waals surface area (Å²) < 4.78 is 42.2. The van der Waals surface area contributed by atoms with E-state index in [-0.39, 0.29) is 16.3 Å². The molecular formula is C27H17ClF3N3. The van der Waals surface area contributed by atoms with Crippen LogP contribution in [0, 0.1) is 0 Å². The van der Waals surface area contributed by atoms with Gasteiger partial charge in [-0.25, -0.2) is 9.51 Å². The molecule has 0 aliphatic carbocycles. The van der Waals surface area contributed by atoms with E-state index in [1.54, 1.807) is 18.3 Å². The van der Waals surface area contributed by atoms with E-state index in [0.717, 1.165) is 22.9 Å². The maximum absolute atomic E-state index is 13.6. The van der Waals surface area contributed by atoms with E-state index in [4.69, 9.17) is 16.6 Å². The second-order valence-electron chi connectivity index (χ2n) is 7.67. The molecule has 5 rings (SSSR count). The van der Waals surface area contributed by atoms with Crippen molar-refractivity contribution in [2.75, 3.05) is 0 Å². The first-order valence-electron chi connectivity index (χ1n) is 10.4. The number of alkyl halides is 3. The van der Waals surface area contributed by atoms with Gasteiger partial charge in [0.15, 0.2) is 0 Å². The van der Waals surface area contributed by atoms with Gasteiger partial charge in [-0.2, -0.15) is 18.3 Å². The van der Waals surface area contributed by atoms with Gasteiger partial charge in [0.2, 0.25) is 0 Å². The third kappa shape index (κ3) is 4.45. The predicted molar refractivity (Wildman–Crippen MR) is 129 cm³/mol. The molecule has 0 aliphatic rings. The number of rotatable bonds is 4. The number of aromatic nitrogens is 2. The van der Waals surface area contributed by atoms with Gasteiger partial charge in [0.25, 0.3) is 0 Å². The number of halogens is 4. The molecule has 0 aliphatic heterocycles. The summed E-state index contributed by atoms with van der Waals surface area (Å²) >= 11 is 5.99. The molecule has 7 heteroatoms. The van der Waals surface area contributed by atoms with Crippen molar-refractivity contribution < 1.29 is 13.2 Å². The fourth-order valence-electron chi connectivity index (χ4n) is 3.77. The Morgan fingerprint density at radius 1 is 0.794 bits per heavy atom. The molecule has 34 heavy (non-hydrogen) atoms. The topological polar surface area (TPSA) is 29.7 Å². The fraction of sp³-hybridized carbons (Fsp3) is 0.0370. The van der Waals surface area contributed by atoms with Gasteiger partial charge >= 0.3 is 6.18 Å². The summed E-state index contributed by atoms with van der Waals surface area (Å²) in [6.45, 7) is 0. The van der Waals surface area contributed by atoms with E-state index < -0.39 is 11.7 Å². The zero-order chi connectivity index (χ0) is 23.7. The van der Waals surface area contributed by atoms with Crippen LogP contribution in [0.25, 0.3) is 16.8 Å². The number of nitrogens with zero attached hydrogens (tertiary/aromatic N) is 3. The minimum Gasteiger partial charge on any atom is -0.246 e. The molecule has 2 heterocycles. The smallest absolute Gasteiger partial charge is 0.246 e. The van der Waals surface area contributed by atoms with Crippen LogP contribution in [-0.2, 0) is 6.18 Å². The van der Waals surface area contributed by atoms with Gasteiger partial charge < -0.3 is 0 Å². The molecule has 0 saturated carbocycles. The van der Waals surface area contributed by atoms with Crippen molar-refractivity contribution in [2.24, 2.45) is 4.99 Å². The van der Waals surface area contributed by atoms with Crippen molar-refractivity contribution in [1.82, 2.24) is 9.61 Å². The largest absolute Gasteiger partial charge is 0.417 e. The van der Waals surface area contributed by atoms with Crippen LogP contribution in [-0.4, -0.2) is 15.3 Å². The molecule has 168 valence electrons. The average molecular weight is 476 g/mol. The third-order valence-corrected chi connectivity index (χ3v) is 5.58. The number of fused-ring (bicyclic) bond motifs is 1. The third-order valence-electron chi connectivity index (χ3n) is 5.34. The minimum absolute atomic E-state index is 0.0667. The number of hydrogen-bond donors (Lipinski definition) is 0. The fourth-order valence-corrected chi connectivity index (χ4v) is 3.94. The monoisotopic (exact) mass is 475 g/mol. The highest BCUT2D eigenvalue weighted by atomic mass is 35.5. The molecule has 3 nitrogen and oxygen atoms in total. The number of benzene rings is 3. The first-order chi connectivity index (χ1) is 16.4. The lowest BCUT2D eigenvalue weighted by molar-refractivity contribution is -0.137. The van der Waals surface area contributed by atoms with Crippen LogP contribution in [0.3, 0.4) is 0 Å². The zero-order valence-corrected chi connectivity index (χ0v) is 18.4. The van der Waals surface area contributed by atoms with Crippen LogP contribution < -0.4 is 0 Å². The molecule has 3 aromatic carbocycles. The number of aliphatic imine (C=N–C) groups is 1. The standard InChI is InChI=1S/C27H17ClF3N3/c28-20-11-14-24(27(29,30)31)23(15-20)25-16-22-13-12-21(17-34(22)33-25)32-26(18-7-3-1-4-8-18)19-9-5-2-6-10-19/h1-17H. The highest BCUT2D eigenvalue weighted by Gasteiger charge is 2.34. The Hall–Kier alpha value is -3.90. The molecule has 0 fully saturated rings. The van der Waals surface area contributed by atoms with Gasteiger partial charge in [0, 0.05) is 21.7 Å². The molecule has 0 unspecified atom stereocenters. The highest BCUT2D eigenvalue weighted by molar-refractivity contribution is 6.30. The Morgan fingerprint density at radius 3 is 2.06 bits per heavy atom. The molecule has 0 saturated heterocycles. The second-order valence-corrected chi connectivity index (χ2v) is 8.10. The van der Waals surface area contributed by atoms with Crippen molar-refractivity contribution in [3.8, 4) is 11.3 Å². The molecule has 0 amide bonds. The summed E-state index contributed by atoms with van der Waals surface area (Å²) in [4.78, 5) is 4.86. The molecule has 5 aromatic rings. The molecule has 0 radical (unpaired) electrons. The van der Waals surface area contributed by atoms with Gasteiger partial charge in [-0.15, -0.1) is 0 Å². The Kier molecular flexibility index (Phi) is 5.67. The van der Waals surface area contributed by atoms with Gasteiger partial charge in [0.05, 0.1) is 34.4 Å². The first-order valence-corrected chi connectivity index (χ1v) is 10.8. The maximum atomic E-state index is 13.6. The molecule has 0 spiro atoms. The van der Waals surface area contributed by atoms with Crippen LogP contribution in [0.1, 0.15) is 16.7 Å². The van der Waals surface area contributed by atoms with Crippen molar-refractivity contribution in [1.29, 1.82) is 0 Å². The number of hydrogen-bond acceptors (Lipinski definition) is 2. The summed E-state index contributed by atoms with van der Waals surface area (Å²) in [5.74, 6) is 0. The quantitative estimate of drug-likeness (QED) is 0.243. The lowest BCUT2D eigenvalue weighted by Gasteiger charge is -2.11. The average Bonchev–Trinajstić information content (AvgIpc) is 3.26. The van der Waals surface area contributed by atoms with E-state index in [0.29, 0.717) is 11.2 Å². The summed E-state index contributed by atoms with van der Waals surface area (Å²) in [5.41, 5.74) is 3.27. The van der Waals surface area contributed by atoms with Gasteiger partial charge in [-0.1, -0.05) is 72.3 Å². The Morgan fingerprint density at radius 2 is 1.44 bits per heavy atom. The van der Waals surface area contributed by atoms with Gasteiger partial charge in [-0.05, 0) is 36.4 Å². The van der Waals surface area contributed by atoms with Gasteiger partial charge in [0.1, 0.15) is 0 Å². The lowest BCUT2D eigenvalue weighted by atomic mass is 10.0. The van der Waals surface area contributed by atoms with Crippen molar-refractivity contribution >= 4 is 28.5 Å². The SMILES string of the molecule is FC(F)(F)c1ccc(Cl)cc1-c1cc2ccc(N=C(c3ccccc3)c3ccccc3)cn2n1. The predicted octanol–water partition coefficient (Wildman–Crippen LogP) is 7.84. The van der Waals surface area contributed by atoms with Gasteiger partial charge in [-0.3, -0.25) is 0 Å². The van der Waals surface area contributed by atoms with Crippen LogP contribution in [0.15, 0.2) is 108 Å². The summed E-state index contributed by atoms with van der Waals surface area (Å²) in [6.07, 6.45) is -2.83. The van der Waals surface area contributed by atoms with E-state index in [1.165, 1.54) is 16.6 Å². The van der Waals surface area contributed by atoms with E-state index in [1.807, 2.05) is 66.7 Å². The maximum Gasteiger partial charge on any atom is 0.417 e. The van der Waals surface area contributed by atoms with Crippen molar-refractivity contribution in [3.63, 3.8) is 0 Å². The Balaban J connectivity index is 1.61. The normalized spacial score (nSPS) is 11.5. The summed E-state index contributed by atoms with van der Waals surface area (Å²) in [5, 5.41) is 4.61. The molecule has 0 atom stereocenters. The van der Waals surface area contributed by atoms with Crippen molar-refractivity contribution in [3.05, 3.63) is 125 Å². The highest BCUT2D eigenvalue weighted by Crippen LogP contribution is 2.38. The van der Waals surface area contributed by atoms with E-state index in [9.17, 15) is 13.2 Å². The van der Waals surface area contributed by atoms with Crippen LogP contribution in [0.5, 0.6) is 0 Å². The molecule has 0 bridgehead atoms. The first kappa shape index (κ1) is 21.9. The summed E-state index contributed by atoms with van der Waals surface area (Å²) in [6, 6.07) is 28.3. The summed E-state index contributed by atoms with van der Waals surface area (Å²) in [7, 11) is 0. The van der Waals surface area contributed by atoms with Crippen LogP contribution >= 0.6 is 11.6 Å². The Bertz CT molecular complexity index is 1450. The molecular weight excluding hydrogens is 459 g/mol. The van der Waals surface area contributed by atoms with E-state index in [2.05, 4.69) is 5.10 Å². The van der Waals surface area contributed by atoms with Crippen LogP contribution in [0.4, 0.5) is 18.9 Å². The Labute approximate surface area is 198 Å². The van der Waals surface area contributed by atoms with E-state index >= 15 is 0 Å².